The topological polar surface area (TPSA) is 44.7 Å². The van der Waals surface area contributed by atoms with E-state index in [0.29, 0.717) is 0 Å². The molecule has 0 aliphatic carbocycles. The van der Waals surface area contributed by atoms with Crippen molar-refractivity contribution in [2.45, 2.75) is 117 Å². The molecule has 9 aromatic rings. The highest BCUT2D eigenvalue weighted by atomic mass is 16.5. The highest BCUT2D eigenvalue weighted by Crippen LogP contribution is 2.40. The summed E-state index contributed by atoms with van der Waals surface area (Å²) in [5.74, 6) is 1.88. The fourth-order valence-electron chi connectivity index (χ4n) is 9.23. The minimum Gasteiger partial charge on any atom is -0.494 e. The average Bonchev–Trinajstić information content (AvgIpc) is 3.83. The molecular formula is C58H62O4. The second-order valence-electron chi connectivity index (χ2n) is 17.6. The van der Waals surface area contributed by atoms with Gasteiger partial charge in [0.25, 0.3) is 0 Å². The summed E-state index contributed by atoms with van der Waals surface area (Å²) in [4.78, 5) is 0. The second kappa shape index (κ2) is 20.0. The first-order chi connectivity index (χ1) is 30.6. The van der Waals surface area contributed by atoms with Crippen molar-refractivity contribution in [1.29, 1.82) is 0 Å². The van der Waals surface area contributed by atoms with E-state index in [-0.39, 0.29) is 0 Å². The van der Waals surface area contributed by atoms with Crippen LogP contribution in [0.3, 0.4) is 0 Å². The molecular weight excluding hydrogens is 761 g/mol. The van der Waals surface area contributed by atoms with Gasteiger partial charge >= 0.3 is 0 Å². The smallest absolute Gasteiger partial charge is 0.136 e. The van der Waals surface area contributed by atoms with E-state index in [0.717, 1.165) is 92.2 Å². The standard InChI is InChI=1S/C58H62O4/c1-3-5-7-9-11-13-15-17-31-59-49-27-23-41(24-28-49)43-19-21-45-35-51-53-39-58-54(40-57(53)61-55(51)37-47(45)33-43)52-36-46-22-20-44(34-48(46)38-56(52)62-58)42-25-29-50(30-26-42)60-32-18-16-14-12-10-8-6-4-2/h19-30,33-40H,3-18,31-32H2,1-2H3. The molecule has 0 aliphatic heterocycles. The molecule has 0 radical (unpaired) electrons. The molecule has 0 fully saturated rings. The maximum atomic E-state index is 6.58. The Bertz CT molecular complexity index is 2680. The first kappa shape index (κ1) is 41.6. The van der Waals surface area contributed by atoms with E-state index < -0.39 is 0 Å². The third-order valence-corrected chi connectivity index (χ3v) is 12.9. The van der Waals surface area contributed by atoms with Gasteiger partial charge in [-0.2, -0.15) is 0 Å². The molecule has 0 saturated heterocycles. The molecule has 0 saturated carbocycles. The van der Waals surface area contributed by atoms with Gasteiger partial charge in [-0.15, -0.1) is 0 Å². The Morgan fingerprint density at radius 1 is 0.306 bits per heavy atom. The van der Waals surface area contributed by atoms with Gasteiger partial charge in [0.15, 0.2) is 0 Å². The molecule has 2 aromatic heterocycles. The second-order valence-corrected chi connectivity index (χ2v) is 17.6. The summed E-state index contributed by atoms with van der Waals surface area (Å²) in [7, 11) is 0. The molecule has 2 heterocycles. The van der Waals surface area contributed by atoms with E-state index in [2.05, 4.69) is 135 Å². The average molecular weight is 823 g/mol. The van der Waals surface area contributed by atoms with Gasteiger partial charge in [0, 0.05) is 21.5 Å². The highest BCUT2D eigenvalue weighted by Gasteiger charge is 2.16. The molecule has 318 valence electrons. The van der Waals surface area contributed by atoms with E-state index in [1.807, 2.05) is 0 Å². The summed E-state index contributed by atoms with van der Waals surface area (Å²) in [5.41, 5.74) is 8.21. The van der Waals surface area contributed by atoms with Crippen LogP contribution in [0.15, 0.2) is 130 Å². The lowest BCUT2D eigenvalue weighted by atomic mass is 9.99. The minimum absolute atomic E-state index is 0.781. The quantitative estimate of drug-likeness (QED) is 0.0639. The van der Waals surface area contributed by atoms with E-state index in [1.165, 1.54) is 123 Å². The Morgan fingerprint density at radius 3 is 1.05 bits per heavy atom. The van der Waals surface area contributed by atoms with Crippen LogP contribution < -0.4 is 9.47 Å². The summed E-state index contributed by atoms with van der Waals surface area (Å²) in [6, 6.07) is 43.6. The largest absolute Gasteiger partial charge is 0.494 e. The van der Waals surface area contributed by atoms with Gasteiger partial charge in [-0.25, -0.2) is 0 Å². The number of ether oxygens (including phenoxy) is 2. The Kier molecular flexibility index (Phi) is 13.4. The van der Waals surface area contributed by atoms with Gasteiger partial charge < -0.3 is 18.3 Å². The van der Waals surface area contributed by atoms with Crippen LogP contribution in [0, 0.1) is 0 Å². The van der Waals surface area contributed by atoms with Crippen molar-refractivity contribution in [3.05, 3.63) is 121 Å². The fourth-order valence-corrected chi connectivity index (χ4v) is 9.23. The molecule has 4 nitrogen and oxygen atoms in total. The van der Waals surface area contributed by atoms with Crippen molar-refractivity contribution in [3.8, 4) is 33.8 Å². The predicted octanol–water partition coefficient (Wildman–Crippen LogP) is 18.2. The molecule has 0 atom stereocenters. The SMILES string of the molecule is CCCCCCCCCCOc1ccc(-c2ccc3cc4c(cc3c2)oc2cc3c(cc24)oc2cc4cc(-c5ccc(OCCCCCCCCCC)cc5)ccc4cc23)cc1. The Balaban J connectivity index is 0.862. The van der Waals surface area contributed by atoms with Crippen molar-refractivity contribution in [2.24, 2.45) is 0 Å². The summed E-state index contributed by atoms with van der Waals surface area (Å²) in [6.45, 7) is 6.11. The van der Waals surface area contributed by atoms with E-state index in [1.54, 1.807) is 0 Å². The summed E-state index contributed by atoms with van der Waals surface area (Å²) >= 11 is 0. The minimum atomic E-state index is 0.781. The maximum Gasteiger partial charge on any atom is 0.136 e. The maximum absolute atomic E-state index is 6.58. The predicted molar refractivity (Wildman–Crippen MR) is 263 cm³/mol. The van der Waals surface area contributed by atoms with E-state index >= 15 is 0 Å². The number of furan rings is 2. The van der Waals surface area contributed by atoms with Crippen LogP contribution in [0.25, 0.3) is 87.7 Å². The summed E-state index contributed by atoms with van der Waals surface area (Å²) < 4.78 is 25.3. The normalized spacial score (nSPS) is 11.9. The van der Waals surface area contributed by atoms with Crippen molar-refractivity contribution in [3.63, 3.8) is 0 Å². The van der Waals surface area contributed by atoms with E-state index in [4.69, 9.17) is 18.3 Å². The Morgan fingerprint density at radius 2 is 0.645 bits per heavy atom. The van der Waals surface area contributed by atoms with Crippen LogP contribution in [0.5, 0.6) is 11.5 Å². The fraction of sp³-hybridized carbons (Fsp3) is 0.345. The zero-order chi connectivity index (χ0) is 42.1. The van der Waals surface area contributed by atoms with Gasteiger partial charge in [-0.05, 0) is 129 Å². The number of fused-ring (bicyclic) bond motifs is 8. The highest BCUT2D eigenvalue weighted by molar-refractivity contribution is 6.18. The number of unbranched alkanes of at least 4 members (excludes halogenated alkanes) is 14. The van der Waals surface area contributed by atoms with Crippen LogP contribution >= 0.6 is 0 Å². The van der Waals surface area contributed by atoms with Crippen molar-refractivity contribution < 1.29 is 18.3 Å². The number of hydrogen-bond donors (Lipinski definition) is 0. The molecule has 0 unspecified atom stereocenters. The van der Waals surface area contributed by atoms with Gasteiger partial charge in [-0.3, -0.25) is 0 Å². The lowest BCUT2D eigenvalue weighted by Gasteiger charge is -2.08. The third kappa shape index (κ3) is 9.65. The zero-order valence-electron chi connectivity index (χ0n) is 36.9. The molecule has 0 amide bonds. The first-order valence-electron chi connectivity index (χ1n) is 23.8. The molecule has 0 bridgehead atoms. The van der Waals surface area contributed by atoms with Gasteiger partial charge in [0.05, 0.1) is 13.2 Å². The van der Waals surface area contributed by atoms with Crippen LogP contribution in [-0.2, 0) is 0 Å². The number of benzene rings is 7. The number of hydrogen-bond acceptors (Lipinski definition) is 4. The van der Waals surface area contributed by atoms with Crippen LogP contribution in [0.4, 0.5) is 0 Å². The molecule has 0 spiro atoms. The number of rotatable bonds is 22. The molecule has 0 N–H and O–H groups in total. The molecule has 9 rings (SSSR count). The Hall–Kier alpha value is -5.74. The van der Waals surface area contributed by atoms with E-state index in [9.17, 15) is 0 Å². The lowest BCUT2D eigenvalue weighted by molar-refractivity contribution is 0.304. The summed E-state index contributed by atoms with van der Waals surface area (Å²) in [5, 5.41) is 9.00. The monoisotopic (exact) mass is 822 g/mol. The molecule has 4 heteroatoms. The van der Waals surface area contributed by atoms with Crippen LogP contribution in [0.2, 0.25) is 0 Å². The third-order valence-electron chi connectivity index (χ3n) is 12.9. The van der Waals surface area contributed by atoms with Crippen molar-refractivity contribution >= 4 is 65.4 Å². The lowest BCUT2D eigenvalue weighted by Crippen LogP contribution is -1.97. The molecule has 7 aromatic carbocycles. The van der Waals surface area contributed by atoms with Gasteiger partial charge in [0.2, 0.25) is 0 Å². The summed E-state index contributed by atoms with van der Waals surface area (Å²) in [6.07, 6.45) is 20.9. The van der Waals surface area contributed by atoms with Crippen molar-refractivity contribution in [2.75, 3.05) is 13.2 Å². The van der Waals surface area contributed by atoms with Crippen LogP contribution in [-0.4, -0.2) is 13.2 Å². The van der Waals surface area contributed by atoms with Crippen LogP contribution in [0.1, 0.15) is 117 Å². The zero-order valence-corrected chi connectivity index (χ0v) is 36.9. The Labute approximate surface area is 367 Å². The van der Waals surface area contributed by atoms with Gasteiger partial charge in [-0.1, -0.05) is 152 Å². The van der Waals surface area contributed by atoms with Gasteiger partial charge in [0.1, 0.15) is 33.8 Å². The molecule has 0 aliphatic rings. The van der Waals surface area contributed by atoms with Crippen molar-refractivity contribution in [1.82, 2.24) is 0 Å². The molecule has 62 heavy (non-hydrogen) atoms. The first-order valence-corrected chi connectivity index (χ1v) is 23.8.